The van der Waals surface area contributed by atoms with E-state index < -0.39 is 6.09 Å². The highest BCUT2D eigenvalue weighted by Crippen LogP contribution is 2.31. The van der Waals surface area contributed by atoms with Crippen molar-refractivity contribution in [3.05, 3.63) is 53.1 Å². The van der Waals surface area contributed by atoms with Gasteiger partial charge in [-0.15, -0.1) is 0 Å². The molecule has 0 radical (unpaired) electrons. The zero-order chi connectivity index (χ0) is 18.4. The van der Waals surface area contributed by atoms with Crippen LogP contribution in [0.3, 0.4) is 0 Å². The van der Waals surface area contributed by atoms with E-state index in [0.29, 0.717) is 16.4 Å². The molecule has 0 aliphatic heterocycles. The molecule has 2 rings (SSSR count). The predicted octanol–water partition coefficient (Wildman–Crippen LogP) is 4.11. The van der Waals surface area contributed by atoms with Crippen LogP contribution in [0.5, 0.6) is 11.5 Å². The van der Waals surface area contributed by atoms with Crippen LogP contribution in [-0.4, -0.2) is 25.5 Å². The molecule has 0 saturated heterocycles. The SMILES string of the molecule is CCc1ccc(OCc2c(OC)cccc2N(O)C(=O)OC)c(C)c1. The summed E-state index contributed by atoms with van der Waals surface area (Å²) in [6.45, 7) is 4.20. The normalized spacial score (nSPS) is 10.3. The van der Waals surface area contributed by atoms with Crippen LogP contribution in [0, 0.1) is 6.92 Å². The van der Waals surface area contributed by atoms with Crippen molar-refractivity contribution in [3.8, 4) is 11.5 Å². The third-order valence-corrected chi connectivity index (χ3v) is 3.92. The number of amides is 1. The molecule has 2 aromatic rings. The van der Waals surface area contributed by atoms with E-state index in [1.54, 1.807) is 18.2 Å². The molecule has 0 heterocycles. The molecule has 6 nitrogen and oxygen atoms in total. The van der Waals surface area contributed by atoms with Gasteiger partial charge in [0.25, 0.3) is 0 Å². The standard InChI is InChI=1S/C19H23NO5/c1-5-14-9-10-17(13(2)11-14)25-12-15-16(20(22)19(21)24-4)7-6-8-18(15)23-3/h6-11,22H,5,12H2,1-4H3. The Bertz CT molecular complexity index is 745. The van der Waals surface area contributed by atoms with Crippen molar-refractivity contribution in [2.24, 2.45) is 0 Å². The number of hydroxylamine groups is 1. The van der Waals surface area contributed by atoms with Gasteiger partial charge < -0.3 is 14.2 Å². The number of carbonyl (C=O) groups is 1. The molecular weight excluding hydrogens is 322 g/mol. The molecule has 1 N–H and O–H groups in total. The van der Waals surface area contributed by atoms with Crippen LogP contribution in [-0.2, 0) is 17.8 Å². The van der Waals surface area contributed by atoms with Crippen LogP contribution < -0.4 is 14.5 Å². The highest BCUT2D eigenvalue weighted by molar-refractivity contribution is 5.86. The fraction of sp³-hybridized carbons (Fsp3) is 0.316. The Morgan fingerprint density at radius 2 is 1.92 bits per heavy atom. The van der Waals surface area contributed by atoms with Gasteiger partial charge in [-0.3, -0.25) is 5.21 Å². The number of hydrogen-bond acceptors (Lipinski definition) is 5. The lowest BCUT2D eigenvalue weighted by atomic mass is 10.1. The predicted molar refractivity (Wildman–Crippen MR) is 94.6 cm³/mol. The number of nitrogens with zero attached hydrogens (tertiary/aromatic N) is 1. The van der Waals surface area contributed by atoms with E-state index in [1.807, 2.05) is 19.1 Å². The third-order valence-electron chi connectivity index (χ3n) is 3.92. The summed E-state index contributed by atoms with van der Waals surface area (Å²) in [6, 6.07) is 11.0. The third kappa shape index (κ3) is 4.22. The topological polar surface area (TPSA) is 68.2 Å². The molecule has 6 heteroatoms. The molecule has 0 atom stereocenters. The second kappa shape index (κ2) is 8.39. The summed E-state index contributed by atoms with van der Waals surface area (Å²) in [7, 11) is 2.71. The van der Waals surface area contributed by atoms with Crippen molar-refractivity contribution in [3.63, 3.8) is 0 Å². The second-order valence-electron chi connectivity index (χ2n) is 5.48. The van der Waals surface area contributed by atoms with Crippen molar-refractivity contribution in [1.82, 2.24) is 0 Å². The van der Waals surface area contributed by atoms with E-state index in [4.69, 9.17) is 9.47 Å². The molecule has 0 bridgehead atoms. The molecule has 0 saturated carbocycles. The Morgan fingerprint density at radius 1 is 1.16 bits per heavy atom. The van der Waals surface area contributed by atoms with Gasteiger partial charge in [0.15, 0.2) is 0 Å². The molecule has 1 amide bonds. The highest BCUT2D eigenvalue weighted by atomic mass is 16.6. The van der Waals surface area contributed by atoms with Crippen molar-refractivity contribution >= 4 is 11.8 Å². The number of carbonyl (C=O) groups excluding carboxylic acids is 1. The molecule has 0 unspecified atom stereocenters. The number of rotatable bonds is 6. The maximum absolute atomic E-state index is 11.6. The van der Waals surface area contributed by atoms with Crippen molar-refractivity contribution < 1.29 is 24.2 Å². The van der Waals surface area contributed by atoms with Gasteiger partial charge in [-0.1, -0.05) is 25.1 Å². The molecule has 25 heavy (non-hydrogen) atoms. The Kier molecular flexibility index (Phi) is 6.25. The van der Waals surface area contributed by atoms with Gasteiger partial charge in [-0.25, -0.2) is 4.79 Å². The van der Waals surface area contributed by atoms with Gasteiger partial charge in [0.2, 0.25) is 0 Å². The Morgan fingerprint density at radius 3 is 2.52 bits per heavy atom. The zero-order valence-corrected chi connectivity index (χ0v) is 14.9. The summed E-state index contributed by atoms with van der Waals surface area (Å²) >= 11 is 0. The minimum atomic E-state index is -0.891. The van der Waals surface area contributed by atoms with Crippen LogP contribution in [0.1, 0.15) is 23.6 Å². The van der Waals surface area contributed by atoms with Crippen LogP contribution in [0.2, 0.25) is 0 Å². The summed E-state index contributed by atoms with van der Waals surface area (Å²) in [4.78, 5) is 11.6. The minimum absolute atomic E-state index is 0.125. The minimum Gasteiger partial charge on any atom is -0.496 e. The van der Waals surface area contributed by atoms with E-state index >= 15 is 0 Å². The summed E-state index contributed by atoms with van der Waals surface area (Å²) in [5.41, 5.74) is 3.03. The summed E-state index contributed by atoms with van der Waals surface area (Å²) < 4.78 is 15.8. The molecule has 0 aliphatic rings. The average molecular weight is 345 g/mol. The monoisotopic (exact) mass is 345 g/mol. The number of hydrogen-bond donors (Lipinski definition) is 1. The zero-order valence-electron chi connectivity index (χ0n) is 14.9. The van der Waals surface area contributed by atoms with Gasteiger partial charge in [0.1, 0.15) is 18.1 Å². The van der Waals surface area contributed by atoms with Crippen molar-refractivity contribution in [2.75, 3.05) is 19.3 Å². The van der Waals surface area contributed by atoms with E-state index in [2.05, 4.69) is 17.7 Å². The molecule has 0 spiro atoms. The van der Waals surface area contributed by atoms with Crippen molar-refractivity contribution in [2.45, 2.75) is 26.9 Å². The van der Waals surface area contributed by atoms with E-state index in [-0.39, 0.29) is 12.3 Å². The van der Waals surface area contributed by atoms with Gasteiger partial charge in [-0.05, 0) is 42.7 Å². The lowest BCUT2D eigenvalue weighted by molar-refractivity contribution is 0.140. The van der Waals surface area contributed by atoms with Crippen LogP contribution in [0.15, 0.2) is 36.4 Å². The smallest absolute Gasteiger partial charge is 0.438 e. The molecule has 0 aromatic heterocycles. The first-order valence-corrected chi connectivity index (χ1v) is 7.97. The number of methoxy groups -OCH3 is 2. The van der Waals surface area contributed by atoms with Gasteiger partial charge >= 0.3 is 6.09 Å². The van der Waals surface area contributed by atoms with E-state index in [0.717, 1.165) is 17.7 Å². The Labute approximate surface area is 147 Å². The van der Waals surface area contributed by atoms with E-state index in [9.17, 15) is 10.0 Å². The summed E-state index contributed by atoms with van der Waals surface area (Å²) in [5.74, 6) is 1.24. The largest absolute Gasteiger partial charge is 0.496 e. The molecule has 2 aromatic carbocycles. The number of ether oxygens (including phenoxy) is 3. The van der Waals surface area contributed by atoms with E-state index in [1.165, 1.54) is 19.8 Å². The molecular formula is C19H23NO5. The first-order chi connectivity index (χ1) is 12.0. The quantitative estimate of drug-likeness (QED) is 0.630. The second-order valence-corrected chi connectivity index (χ2v) is 5.48. The molecule has 0 aliphatic carbocycles. The lowest BCUT2D eigenvalue weighted by Crippen LogP contribution is -2.28. The maximum Gasteiger partial charge on any atom is 0.438 e. The number of aryl methyl sites for hydroxylation is 2. The van der Waals surface area contributed by atoms with Gasteiger partial charge in [0.05, 0.1) is 25.5 Å². The summed E-state index contributed by atoms with van der Waals surface area (Å²) in [6.07, 6.45) is 0.0640. The van der Waals surface area contributed by atoms with Gasteiger partial charge in [0, 0.05) is 0 Å². The first-order valence-electron chi connectivity index (χ1n) is 7.97. The summed E-state index contributed by atoms with van der Waals surface area (Å²) in [5, 5.41) is 10.5. The fourth-order valence-electron chi connectivity index (χ4n) is 2.52. The van der Waals surface area contributed by atoms with Crippen LogP contribution in [0.4, 0.5) is 10.5 Å². The van der Waals surface area contributed by atoms with Crippen molar-refractivity contribution in [1.29, 1.82) is 0 Å². The Balaban J connectivity index is 2.30. The Hall–Kier alpha value is -2.73. The molecule has 0 fully saturated rings. The fourth-order valence-corrected chi connectivity index (χ4v) is 2.52. The number of anilines is 1. The van der Waals surface area contributed by atoms with Crippen LogP contribution in [0.25, 0.3) is 0 Å². The first kappa shape index (κ1) is 18.6. The highest BCUT2D eigenvalue weighted by Gasteiger charge is 2.20. The maximum atomic E-state index is 11.6. The van der Waals surface area contributed by atoms with Gasteiger partial charge in [-0.2, -0.15) is 5.06 Å². The lowest BCUT2D eigenvalue weighted by Gasteiger charge is -2.20. The number of benzene rings is 2. The van der Waals surface area contributed by atoms with Crippen LogP contribution >= 0.6 is 0 Å². The molecule has 134 valence electrons. The average Bonchev–Trinajstić information content (AvgIpc) is 2.65.